The van der Waals surface area contributed by atoms with Gasteiger partial charge in [0.15, 0.2) is 0 Å². The predicted octanol–water partition coefficient (Wildman–Crippen LogP) is 4.77. The summed E-state index contributed by atoms with van der Waals surface area (Å²) >= 11 is 0. The lowest BCUT2D eigenvalue weighted by Gasteiger charge is -2.00. The maximum absolute atomic E-state index is 4.52. The van der Waals surface area contributed by atoms with E-state index in [9.17, 15) is 0 Å². The normalized spacial score (nSPS) is 11.2. The molecule has 3 aromatic carbocycles. The van der Waals surface area contributed by atoms with Crippen molar-refractivity contribution >= 4 is 17.0 Å². The van der Waals surface area contributed by atoms with Crippen molar-refractivity contribution in [2.24, 2.45) is 4.99 Å². The fourth-order valence-electron chi connectivity index (χ4n) is 2.24. The molecule has 0 heterocycles. The first-order valence-electron chi connectivity index (χ1n) is 6.85. The molecule has 0 aliphatic heterocycles. The van der Waals surface area contributed by atoms with Gasteiger partial charge in [-0.3, -0.25) is 4.99 Å². The summed E-state index contributed by atoms with van der Waals surface area (Å²) in [5.41, 5.74) is 3.68. The highest BCUT2D eigenvalue weighted by molar-refractivity contribution is 5.90. The van der Waals surface area contributed by atoms with E-state index in [1.54, 1.807) is 0 Å². The third-order valence-corrected chi connectivity index (χ3v) is 3.41. The molecule has 0 amide bonds. The van der Waals surface area contributed by atoms with E-state index < -0.39 is 0 Å². The largest absolute Gasteiger partial charge is 0.288 e. The SMILES string of the molecule is Cc1ccc(CN=Cc2ccc3ccccc3c2)cc1. The van der Waals surface area contributed by atoms with E-state index in [-0.39, 0.29) is 0 Å². The van der Waals surface area contributed by atoms with Crippen LogP contribution in [0.1, 0.15) is 16.7 Å². The second-order valence-electron chi connectivity index (χ2n) is 5.06. The first kappa shape index (κ1) is 12.6. The lowest BCUT2D eigenvalue weighted by Crippen LogP contribution is -1.85. The number of hydrogen-bond donors (Lipinski definition) is 0. The molecule has 0 bridgehead atoms. The molecule has 0 aromatic heterocycles. The van der Waals surface area contributed by atoms with E-state index in [2.05, 4.69) is 78.6 Å². The summed E-state index contributed by atoms with van der Waals surface area (Å²) < 4.78 is 0. The second-order valence-corrected chi connectivity index (χ2v) is 5.06. The van der Waals surface area contributed by atoms with Crippen LogP contribution < -0.4 is 0 Å². The number of rotatable bonds is 3. The molecule has 0 radical (unpaired) electrons. The molecule has 1 nitrogen and oxygen atoms in total. The Morgan fingerprint density at radius 1 is 0.850 bits per heavy atom. The molecule has 0 aliphatic carbocycles. The molecule has 3 aromatic rings. The van der Waals surface area contributed by atoms with Crippen LogP contribution in [0.2, 0.25) is 0 Å². The Hall–Kier alpha value is -2.41. The Kier molecular flexibility index (Phi) is 3.60. The Balaban J connectivity index is 1.75. The van der Waals surface area contributed by atoms with Crippen LogP contribution in [0.4, 0.5) is 0 Å². The summed E-state index contributed by atoms with van der Waals surface area (Å²) in [7, 11) is 0. The van der Waals surface area contributed by atoms with Gasteiger partial charge in [-0.2, -0.15) is 0 Å². The number of hydrogen-bond acceptors (Lipinski definition) is 1. The molecule has 0 spiro atoms. The smallest absolute Gasteiger partial charge is 0.0639 e. The van der Waals surface area contributed by atoms with Crippen molar-refractivity contribution in [1.29, 1.82) is 0 Å². The maximum atomic E-state index is 4.52. The van der Waals surface area contributed by atoms with Gasteiger partial charge < -0.3 is 0 Å². The van der Waals surface area contributed by atoms with Crippen molar-refractivity contribution < 1.29 is 0 Å². The van der Waals surface area contributed by atoms with E-state index in [4.69, 9.17) is 0 Å². The van der Waals surface area contributed by atoms with Crippen LogP contribution in [0.3, 0.4) is 0 Å². The quantitative estimate of drug-likeness (QED) is 0.601. The van der Waals surface area contributed by atoms with Gasteiger partial charge in [0, 0.05) is 6.21 Å². The molecule has 3 rings (SSSR count). The molecule has 0 unspecified atom stereocenters. The molecule has 1 heteroatoms. The third-order valence-electron chi connectivity index (χ3n) is 3.41. The highest BCUT2D eigenvalue weighted by Gasteiger charge is 1.94. The summed E-state index contributed by atoms with van der Waals surface area (Å²) in [4.78, 5) is 4.52. The van der Waals surface area contributed by atoms with Gasteiger partial charge in [-0.25, -0.2) is 0 Å². The van der Waals surface area contributed by atoms with Gasteiger partial charge in [0.25, 0.3) is 0 Å². The van der Waals surface area contributed by atoms with Gasteiger partial charge in [-0.15, -0.1) is 0 Å². The Labute approximate surface area is 119 Å². The topological polar surface area (TPSA) is 12.4 Å². The van der Waals surface area contributed by atoms with Gasteiger partial charge in [0.05, 0.1) is 6.54 Å². The maximum Gasteiger partial charge on any atom is 0.0639 e. The second kappa shape index (κ2) is 5.70. The number of aliphatic imine (C=N–C) groups is 1. The van der Waals surface area contributed by atoms with Crippen molar-refractivity contribution in [3.8, 4) is 0 Å². The van der Waals surface area contributed by atoms with Crippen molar-refractivity contribution in [2.75, 3.05) is 0 Å². The van der Waals surface area contributed by atoms with Crippen LogP contribution in [-0.4, -0.2) is 6.21 Å². The molecular weight excluding hydrogens is 242 g/mol. The number of aryl methyl sites for hydroxylation is 1. The zero-order valence-electron chi connectivity index (χ0n) is 11.6. The minimum absolute atomic E-state index is 0.729. The molecule has 0 N–H and O–H groups in total. The fourth-order valence-corrected chi connectivity index (χ4v) is 2.24. The lowest BCUT2D eigenvalue weighted by molar-refractivity contribution is 1.07. The van der Waals surface area contributed by atoms with Gasteiger partial charge >= 0.3 is 0 Å². The minimum atomic E-state index is 0.729. The summed E-state index contributed by atoms with van der Waals surface area (Å²) in [5, 5.41) is 2.52. The van der Waals surface area contributed by atoms with Crippen LogP contribution in [0.25, 0.3) is 10.8 Å². The molecule has 20 heavy (non-hydrogen) atoms. The van der Waals surface area contributed by atoms with Gasteiger partial charge in [0.2, 0.25) is 0 Å². The molecule has 0 saturated carbocycles. The van der Waals surface area contributed by atoms with E-state index in [0.717, 1.165) is 12.1 Å². The predicted molar refractivity (Wildman–Crippen MR) is 86.4 cm³/mol. The zero-order chi connectivity index (χ0) is 13.8. The van der Waals surface area contributed by atoms with Gasteiger partial charge in [-0.05, 0) is 34.9 Å². The molecular formula is C19H17N. The molecule has 0 fully saturated rings. The van der Waals surface area contributed by atoms with E-state index in [1.165, 1.54) is 21.9 Å². The average Bonchev–Trinajstić information content (AvgIpc) is 2.49. The van der Waals surface area contributed by atoms with Crippen LogP contribution >= 0.6 is 0 Å². The summed E-state index contributed by atoms with van der Waals surface area (Å²) in [6, 6.07) is 23.3. The van der Waals surface area contributed by atoms with Crippen molar-refractivity contribution in [3.63, 3.8) is 0 Å². The summed E-state index contributed by atoms with van der Waals surface area (Å²) in [5.74, 6) is 0. The van der Waals surface area contributed by atoms with Gasteiger partial charge in [-0.1, -0.05) is 66.2 Å². The van der Waals surface area contributed by atoms with E-state index in [1.807, 2.05) is 6.21 Å². The minimum Gasteiger partial charge on any atom is -0.288 e. The zero-order valence-corrected chi connectivity index (χ0v) is 11.6. The monoisotopic (exact) mass is 259 g/mol. The number of fused-ring (bicyclic) bond motifs is 1. The Morgan fingerprint density at radius 2 is 1.60 bits per heavy atom. The standard InChI is InChI=1S/C19H17N/c1-15-6-8-16(9-7-15)13-20-14-17-10-11-18-4-2-3-5-19(18)12-17/h2-12,14H,13H2,1H3. The first-order valence-corrected chi connectivity index (χ1v) is 6.85. The lowest BCUT2D eigenvalue weighted by atomic mass is 10.1. The van der Waals surface area contributed by atoms with Crippen molar-refractivity contribution in [3.05, 3.63) is 83.4 Å². The Bertz CT molecular complexity index is 739. The van der Waals surface area contributed by atoms with Crippen molar-refractivity contribution in [2.45, 2.75) is 13.5 Å². The average molecular weight is 259 g/mol. The third kappa shape index (κ3) is 2.94. The van der Waals surface area contributed by atoms with Crippen LogP contribution in [0.15, 0.2) is 71.7 Å². The number of benzene rings is 3. The Morgan fingerprint density at radius 3 is 2.40 bits per heavy atom. The molecule has 0 aliphatic rings. The fraction of sp³-hybridized carbons (Fsp3) is 0.105. The van der Waals surface area contributed by atoms with Crippen LogP contribution in [-0.2, 0) is 6.54 Å². The summed E-state index contributed by atoms with van der Waals surface area (Å²) in [6.45, 7) is 2.83. The van der Waals surface area contributed by atoms with Crippen LogP contribution in [0, 0.1) is 6.92 Å². The van der Waals surface area contributed by atoms with Crippen molar-refractivity contribution in [1.82, 2.24) is 0 Å². The molecule has 0 atom stereocenters. The highest BCUT2D eigenvalue weighted by Crippen LogP contribution is 2.14. The highest BCUT2D eigenvalue weighted by atomic mass is 14.7. The van der Waals surface area contributed by atoms with Gasteiger partial charge in [0.1, 0.15) is 0 Å². The van der Waals surface area contributed by atoms with E-state index in [0.29, 0.717) is 0 Å². The first-order chi connectivity index (χ1) is 9.81. The molecule has 0 saturated heterocycles. The summed E-state index contributed by atoms with van der Waals surface area (Å²) in [6.07, 6.45) is 1.95. The van der Waals surface area contributed by atoms with Crippen LogP contribution in [0.5, 0.6) is 0 Å². The number of nitrogens with zero attached hydrogens (tertiary/aromatic N) is 1. The molecule has 98 valence electrons. The van der Waals surface area contributed by atoms with E-state index >= 15 is 0 Å².